The fraction of sp³-hybridized carbons (Fsp3) is 0.231. The fourth-order valence-corrected chi connectivity index (χ4v) is 2.14. The van der Waals surface area contributed by atoms with Gasteiger partial charge in [0.1, 0.15) is 12.0 Å². The van der Waals surface area contributed by atoms with Gasteiger partial charge in [-0.25, -0.2) is 0 Å². The molecule has 1 aliphatic rings. The van der Waals surface area contributed by atoms with E-state index < -0.39 is 0 Å². The number of nitrogens with zero attached hydrogens (tertiary/aromatic N) is 1. The molecule has 1 atom stereocenters. The van der Waals surface area contributed by atoms with Crippen molar-refractivity contribution in [2.75, 3.05) is 5.32 Å². The van der Waals surface area contributed by atoms with Crippen LogP contribution in [-0.4, -0.2) is 17.1 Å². The first-order chi connectivity index (χ1) is 8.83. The van der Waals surface area contributed by atoms with Gasteiger partial charge in [-0.1, -0.05) is 29.4 Å². The molecule has 2 N–H and O–H groups in total. The van der Waals surface area contributed by atoms with Crippen LogP contribution < -0.4 is 10.6 Å². The SMILES string of the molecule is O=C(Nc1cnoc1)[C@@H]1Cc2ccccc2CN1. The summed E-state index contributed by atoms with van der Waals surface area (Å²) < 4.78 is 4.67. The summed E-state index contributed by atoms with van der Waals surface area (Å²) in [6.07, 6.45) is 3.59. The molecular weight excluding hydrogens is 230 g/mol. The van der Waals surface area contributed by atoms with Crippen LogP contribution in [0.3, 0.4) is 0 Å². The first-order valence-electron chi connectivity index (χ1n) is 5.83. The van der Waals surface area contributed by atoms with Crippen molar-refractivity contribution >= 4 is 11.6 Å². The van der Waals surface area contributed by atoms with Crippen molar-refractivity contribution in [2.45, 2.75) is 19.0 Å². The lowest BCUT2D eigenvalue weighted by Crippen LogP contribution is -2.44. The molecule has 0 saturated heterocycles. The molecule has 1 amide bonds. The summed E-state index contributed by atoms with van der Waals surface area (Å²) in [4.78, 5) is 12.0. The highest BCUT2D eigenvalue weighted by Gasteiger charge is 2.23. The Morgan fingerprint density at radius 1 is 1.39 bits per heavy atom. The van der Waals surface area contributed by atoms with Crippen molar-refractivity contribution in [3.63, 3.8) is 0 Å². The molecule has 2 heterocycles. The fourth-order valence-electron chi connectivity index (χ4n) is 2.14. The van der Waals surface area contributed by atoms with E-state index in [4.69, 9.17) is 0 Å². The molecule has 92 valence electrons. The minimum Gasteiger partial charge on any atom is -0.363 e. The molecule has 18 heavy (non-hydrogen) atoms. The van der Waals surface area contributed by atoms with Gasteiger partial charge in [0.15, 0.2) is 0 Å². The van der Waals surface area contributed by atoms with Gasteiger partial charge in [0, 0.05) is 6.54 Å². The third-order valence-corrected chi connectivity index (χ3v) is 3.10. The highest BCUT2D eigenvalue weighted by Crippen LogP contribution is 2.17. The zero-order chi connectivity index (χ0) is 12.4. The summed E-state index contributed by atoms with van der Waals surface area (Å²) in [7, 11) is 0. The van der Waals surface area contributed by atoms with E-state index in [-0.39, 0.29) is 11.9 Å². The van der Waals surface area contributed by atoms with Gasteiger partial charge in [-0.15, -0.1) is 0 Å². The molecule has 0 spiro atoms. The van der Waals surface area contributed by atoms with Crippen molar-refractivity contribution in [3.05, 3.63) is 47.9 Å². The third-order valence-electron chi connectivity index (χ3n) is 3.10. The molecule has 1 aliphatic heterocycles. The van der Waals surface area contributed by atoms with E-state index in [1.807, 2.05) is 12.1 Å². The number of anilines is 1. The van der Waals surface area contributed by atoms with Gasteiger partial charge in [-0.05, 0) is 17.5 Å². The minimum absolute atomic E-state index is 0.0623. The smallest absolute Gasteiger partial charge is 0.241 e. The maximum Gasteiger partial charge on any atom is 0.241 e. The van der Waals surface area contributed by atoms with Crippen LogP contribution in [0.25, 0.3) is 0 Å². The van der Waals surface area contributed by atoms with Crippen LogP contribution in [0.1, 0.15) is 11.1 Å². The molecule has 5 heteroatoms. The first kappa shape index (κ1) is 11.0. The van der Waals surface area contributed by atoms with Gasteiger partial charge in [0.2, 0.25) is 5.91 Å². The Kier molecular flexibility index (Phi) is 2.82. The number of carbonyl (C=O) groups is 1. The predicted octanol–water partition coefficient (Wildman–Crippen LogP) is 1.33. The zero-order valence-electron chi connectivity index (χ0n) is 9.72. The van der Waals surface area contributed by atoms with E-state index in [0.717, 1.165) is 6.54 Å². The number of rotatable bonds is 2. The Labute approximate surface area is 104 Å². The van der Waals surface area contributed by atoms with E-state index in [1.54, 1.807) is 0 Å². The molecule has 5 nitrogen and oxygen atoms in total. The monoisotopic (exact) mass is 243 g/mol. The van der Waals surface area contributed by atoms with Gasteiger partial charge in [0.05, 0.1) is 12.2 Å². The van der Waals surface area contributed by atoms with Crippen LogP contribution in [-0.2, 0) is 17.8 Å². The van der Waals surface area contributed by atoms with E-state index in [1.165, 1.54) is 23.6 Å². The van der Waals surface area contributed by atoms with E-state index in [9.17, 15) is 4.79 Å². The van der Waals surface area contributed by atoms with Gasteiger partial charge in [0.25, 0.3) is 0 Å². The molecule has 1 aromatic carbocycles. The molecule has 0 fully saturated rings. The molecular formula is C13H13N3O2. The number of benzene rings is 1. The van der Waals surface area contributed by atoms with E-state index >= 15 is 0 Å². The van der Waals surface area contributed by atoms with Gasteiger partial charge in [-0.3, -0.25) is 4.79 Å². The summed E-state index contributed by atoms with van der Waals surface area (Å²) in [5.74, 6) is -0.0623. The number of hydrogen-bond acceptors (Lipinski definition) is 4. The van der Waals surface area contributed by atoms with Crippen molar-refractivity contribution in [2.24, 2.45) is 0 Å². The molecule has 0 unspecified atom stereocenters. The second-order valence-electron chi connectivity index (χ2n) is 4.31. The lowest BCUT2D eigenvalue weighted by atomic mass is 9.95. The van der Waals surface area contributed by atoms with Crippen molar-refractivity contribution in [3.8, 4) is 0 Å². The van der Waals surface area contributed by atoms with Crippen molar-refractivity contribution in [1.29, 1.82) is 0 Å². The van der Waals surface area contributed by atoms with Crippen LogP contribution in [0.15, 0.2) is 41.2 Å². The number of fused-ring (bicyclic) bond motifs is 1. The topological polar surface area (TPSA) is 67.2 Å². The van der Waals surface area contributed by atoms with Gasteiger partial charge < -0.3 is 15.2 Å². The number of amides is 1. The average Bonchev–Trinajstić information content (AvgIpc) is 2.91. The van der Waals surface area contributed by atoms with E-state index in [2.05, 4.69) is 32.4 Å². The second-order valence-corrected chi connectivity index (χ2v) is 4.31. The summed E-state index contributed by atoms with van der Waals surface area (Å²) in [5.41, 5.74) is 3.06. The third kappa shape index (κ3) is 2.12. The molecule has 0 aliphatic carbocycles. The highest BCUT2D eigenvalue weighted by atomic mass is 16.5. The normalized spacial score (nSPS) is 18.1. The number of nitrogens with one attached hydrogen (secondary N) is 2. The van der Waals surface area contributed by atoms with Crippen LogP contribution in [0.2, 0.25) is 0 Å². The largest absolute Gasteiger partial charge is 0.363 e. The number of carbonyl (C=O) groups excluding carboxylic acids is 1. The van der Waals surface area contributed by atoms with Gasteiger partial charge in [-0.2, -0.15) is 0 Å². The van der Waals surface area contributed by atoms with Gasteiger partial charge >= 0.3 is 0 Å². The predicted molar refractivity (Wildman–Crippen MR) is 65.9 cm³/mol. The summed E-state index contributed by atoms with van der Waals surface area (Å²) in [6.45, 7) is 0.720. The maximum absolute atomic E-state index is 12.0. The van der Waals surface area contributed by atoms with Crippen LogP contribution in [0.5, 0.6) is 0 Å². The molecule has 0 bridgehead atoms. The van der Waals surface area contributed by atoms with Crippen molar-refractivity contribution < 1.29 is 9.32 Å². The second kappa shape index (κ2) is 4.62. The molecule has 2 aromatic rings. The lowest BCUT2D eigenvalue weighted by Gasteiger charge is -2.24. The molecule has 0 saturated carbocycles. The Bertz CT molecular complexity index is 551. The van der Waals surface area contributed by atoms with Crippen LogP contribution >= 0.6 is 0 Å². The van der Waals surface area contributed by atoms with E-state index in [0.29, 0.717) is 12.1 Å². The Hall–Kier alpha value is -2.14. The summed E-state index contributed by atoms with van der Waals surface area (Å²) >= 11 is 0. The Morgan fingerprint density at radius 3 is 3.00 bits per heavy atom. The van der Waals surface area contributed by atoms with Crippen molar-refractivity contribution in [1.82, 2.24) is 10.5 Å². The summed E-state index contributed by atoms with van der Waals surface area (Å²) in [6, 6.07) is 7.94. The molecule has 1 aromatic heterocycles. The van der Waals surface area contributed by atoms with Crippen LogP contribution in [0, 0.1) is 0 Å². The lowest BCUT2D eigenvalue weighted by molar-refractivity contribution is -0.118. The maximum atomic E-state index is 12.0. The Balaban J connectivity index is 1.70. The quantitative estimate of drug-likeness (QED) is 0.835. The Morgan fingerprint density at radius 2 is 2.22 bits per heavy atom. The summed E-state index contributed by atoms with van der Waals surface area (Å²) in [5, 5.41) is 9.54. The first-order valence-corrected chi connectivity index (χ1v) is 5.83. The minimum atomic E-state index is -0.213. The highest BCUT2D eigenvalue weighted by molar-refractivity contribution is 5.94. The molecule has 3 rings (SSSR count). The van der Waals surface area contributed by atoms with Crippen LogP contribution in [0.4, 0.5) is 5.69 Å². The number of hydrogen-bond donors (Lipinski definition) is 2. The zero-order valence-corrected chi connectivity index (χ0v) is 9.72. The number of aromatic nitrogens is 1. The average molecular weight is 243 g/mol. The molecule has 0 radical (unpaired) electrons. The standard InChI is InChI=1S/C13H13N3O2/c17-13(16-11-7-15-18-8-11)12-5-9-3-1-2-4-10(9)6-14-12/h1-4,7-8,12,14H,5-6H2,(H,16,17)/t12-/m0/s1.